The molecule has 0 saturated heterocycles. The standard InChI is InChI=1S/C12H14NO3.H2O.4W/c1-9(14)13-11(12(15)16-2)8-10-6-4-3-5-7-10;;;;;/h4-7,11H,8H2,1-2H3,(H,13,14);1H2;;;;/q-1;;;;;. The Morgan fingerprint density at radius 1 is 1.19 bits per heavy atom. The van der Waals surface area contributed by atoms with Gasteiger partial charge in [-0.25, -0.2) is 4.79 Å². The molecule has 0 aliphatic rings. The predicted octanol–water partition coefficient (Wildman–Crippen LogP) is -0.128. The van der Waals surface area contributed by atoms with Crippen LogP contribution in [0, 0.1) is 6.07 Å². The first-order chi connectivity index (χ1) is 7.63. The molecule has 1 atom stereocenters. The van der Waals surface area contributed by atoms with Gasteiger partial charge in [-0.3, -0.25) is 4.79 Å². The Morgan fingerprint density at radius 2 is 1.67 bits per heavy atom. The summed E-state index contributed by atoms with van der Waals surface area (Å²) in [5.41, 5.74) is 0.947. The van der Waals surface area contributed by atoms with Crippen molar-refractivity contribution in [1.82, 2.24) is 5.32 Å². The zero-order valence-corrected chi connectivity index (χ0v) is 23.2. The van der Waals surface area contributed by atoms with E-state index in [0.29, 0.717) is 6.42 Å². The number of esters is 1. The van der Waals surface area contributed by atoms with E-state index in [1.807, 2.05) is 12.1 Å². The van der Waals surface area contributed by atoms with Crippen LogP contribution in [0.4, 0.5) is 0 Å². The molecule has 0 aliphatic carbocycles. The molecule has 3 N–H and O–H groups in total. The van der Waals surface area contributed by atoms with Crippen LogP contribution in [0.15, 0.2) is 24.3 Å². The van der Waals surface area contributed by atoms with Crippen LogP contribution < -0.4 is 5.32 Å². The smallest absolute Gasteiger partial charge is 0.328 e. The number of ether oxygens (including phenoxy) is 1. The van der Waals surface area contributed by atoms with Gasteiger partial charge in [-0.2, -0.15) is 35.9 Å². The van der Waals surface area contributed by atoms with E-state index in [1.165, 1.54) is 14.0 Å². The molecule has 0 spiro atoms. The van der Waals surface area contributed by atoms with Crippen molar-refractivity contribution >= 4 is 11.9 Å². The molecule has 0 bridgehead atoms. The number of hydrogen-bond donors (Lipinski definition) is 1. The van der Waals surface area contributed by atoms with Gasteiger partial charge in [0.25, 0.3) is 0 Å². The number of benzene rings is 1. The second-order valence-corrected chi connectivity index (χ2v) is 3.39. The third-order valence-corrected chi connectivity index (χ3v) is 2.09. The topological polar surface area (TPSA) is 86.9 Å². The Labute approximate surface area is 182 Å². The number of carbonyl (C=O) groups excluding carboxylic acids is 2. The van der Waals surface area contributed by atoms with Crippen LogP contribution in [0.25, 0.3) is 0 Å². The molecular formula is C12H16NO4W4-. The van der Waals surface area contributed by atoms with Crippen molar-refractivity contribution in [2.45, 2.75) is 19.4 Å². The molecule has 21 heavy (non-hydrogen) atoms. The van der Waals surface area contributed by atoms with E-state index in [4.69, 9.17) is 0 Å². The molecule has 0 aromatic heterocycles. The van der Waals surface area contributed by atoms with E-state index >= 15 is 0 Å². The molecule has 0 fully saturated rings. The largest absolute Gasteiger partial charge is 0.467 e. The quantitative estimate of drug-likeness (QED) is 0.338. The molecule has 1 rings (SSSR count). The Morgan fingerprint density at radius 3 is 2.05 bits per heavy atom. The SMILES string of the molecule is COC(=O)C(Cc1cc[c-]cc1)NC(C)=O.O.[W].[W].[W].[W]. The summed E-state index contributed by atoms with van der Waals surface area (Å²) >= 11 is 0. The van der Waals surface area contributed by atoms with Crippen LogP contribution in [-0.2, 0) is 105 Å². The Bertz CT molecular complexity index is 379. The van der Waals surface area contributed by atoms with Crippen molar-refractivity contribution in [2.24, 2.45) is 0 Å². The minimum atomic E-state index is -0.634. The van der Waals surface area contributed by atoms with Gasteiger partial charge in [-0.15, -0.1) is 0 Å². The molecule has 0 radical (unpaired) electrons. The van der Waals surface area contributed by atoms with Gasteiger partial charge < -0.3 is 15.5 Å². The zero-order chi connectivity index (χ0) is 12.0. The number of carbonyl (C=O) groups is 2. The molecule has 1 amide bonds. The van der Waals surface area contributed by atoms with Crippen LogP contribution in [-0.4, -0.2) is 30.5 Å². The maximum absolute atomic E-state index is 11.4. The Balaban J connectivity index is -0.000000171. The Hall–Kier alpha value is 0.873. The van der Waals surface area contributed by atoms with E-state index in [2.05, 4.69) is 16.1 Å². The van der Waals surface area contributed by atoms with Crippen molar-refractivity contribution in [3.8, 4) is 0 Å². The van der Waals surface area contributed by atoms with Crippen LogP contribution in [0.5, 0.6) is 0 Å². The molecule has 118 valence electrons. The van der Waals surface area contributed by atoms with E-state index in [1.54, 1.807) is 12.1 Å². The third-order valence-electron chi connectivity index (χ3n) is 2.09. The van der Waals surface area contributed by atoms with E-state index in [-0.39, 0.29) is 95.6 Å². The third kappa shape index (κ3) is 14.2. The number of methoxy groups -OCH3 is 1. The van der Waals surface area contributed by atoms with Gasteiger partial charge in [0.1, 0.15) is 6.04 Å². The van der Waals surface area contributed by atoms with Crippen LogP contribution in [0.2, 0.25) is 0 Å². The summed E-state index contributed by atoms with van der Waals surface area (Å²) in [6.07, 6.45) is 0.418. The summed E-state index contributed by atoms with van der Waals surface area (Å²) in [6.45, 7) is 1.37. The van der Waals surface area contributed by atoms with E-state index < -0.39 is 12.0 Å². The number of rotatable bonds is 4. The summed E-state index contributed by atoms with van der Waals surface area (Å²) in [6, 6.07) is 9.46. The van der Waals surface area contributed by atoms with Crippen molar-refractivity contribution in [3.63, 3.8) is 0 Å². The molecule has 1 aromatic rings. The van der Waals surface area contributed by atoms with Gasteiger partial charge in [-0.1, -0.05) is 0 Å². The summed E-state index contributed by atoms with van der Waals surface area (Å²) in [4.78, 5) is 22.3. The maximum Gasteiger partial charge on any atom is 0.328 e. The van der Waals surface area contributed by atoms with Crippen molar-refractivity contribution < 1.29 is 104 Å². The zero-order valence-electron chi connectivity index (χ0n) is 11.5. The molecule has 1 unspecified atom stereocenters. The van der Waals surface area contributed by atoms with Crippen LogP contribution >= 0.6 is 0 Å². The second-order valence-electron chi connectivity index (χ2n) is 3.39. The number of hydrogen-bond acceptors (Lipinski definition) is 3. The van der Waals surface area contributed by atoms with Crippen LogP contribution in [0.1, 0.15) is 12.5 Å². The van der Waals surface area contributed by atoms with Crippen LogP contribution in [0.3, 0.4) is 0 Å². The average molecular weight is 974 g/mol. The van der Waals surface area contributed by atoms with Gasteiger partial charge >= 0.3 is 5.97 Å². The second kappa shape index (κ2) is 18.9. The molecule has 0 saturated carbocycles. The molecule has 0 aliphatic heterocycles. The first-order valence-electron chi connectivity index (χ1n) is 4.93. The Kier molecular flexibility index (Phi) is 30.2. The summed E-state index contributed by atoms with van der Waals surface area (Å²) in [5.74, 6) is -0.694. The average Bonchev–Trinajstić information content (AvgIpc) is 2.28. The summed E-state index contributed by atoms with van der Waals surface area (Å²) in [5, 5.41) is 2.56. The van der Waals surface area contributed by atoms with Gasteiger partial charge in [0.05, 0.1) is 7.11 Å². The van der Waals surface area contributed by atoms with E-state index in [0.717, 1.165) is 5.56 Å². The molecule has 9 heteroatoms. The van der Waals surface area contributed by atoms with Crippen molar-refractivity contribution in [1.29, 1.82) is 0 Å². The van der Waals surface area contributed by atoms with E-state index in [9.17, 15) is 9.59 Å². The summed E-state index contributed by atoms with van der Waals surface area (Å²) < 4.78 is 4.62. The predicted molar refractivity (Wildman–Crippen MR) is 62.2 cm³/mol. The number of nitrogens with one attached hydrogen (secondary N) is 1. The fourth-order valence-electron chi connectivity index (χ4n) is 1.37. The van der Waals surface area contributed by atoms with Gasteiger partial charge in [-0.05, 0) is 6.42 Å². The normalized spacial score (nSPS) is 8.86. The molecule has 0 heterocycles. The first kappa shape index (κ1) is 33.5. The van der Waals surface area contributed by atoms with Gasteiger partial charge in [0.2, 0.25) is 5.91 Å². The fourth-order valence-corrected chi connectivity index (χ4v) is 1.37. The van der Waals surface area contributed by atoms with Crippen molar-refractivity contribution in [2.75, 3.05) is 7.11 Å². The van der Waals surface area contributed by atoms with Crippen molar-refractivity contribution in [3.05, 3.63) is 35.9 Å². The number of amides is 1. The maximum atomic E-state index is 11.4. The summed E-state index contributed by atoms with van der Waals surface area (Å²) in [7, 11) is 1.30. The minimum Gasteiger partial charge on any atom is -0.467 e. The van der Waals surface area contributed by atoms with Gasteiger partial charge in [0, 0.05) is 91.2 Å². The van der Waals surface area contributed by atoms with Gasteiger partial charge in [0.15, 0.2) is 0 Å². The first-order valence-corrected chi connectivity index (χ1v) is 4.93. The molecule has 1 aromatic carbocycles. The molecule has 5 nitrogen and oxygen atoms in total. The fraction of sp³-hybridized carbons (Fsp3) is 0.333. The molecular weight excluding hydrogens is 957 g/mol. The minimum absolute atomic E-state index is 0. The monoisotopic (exact) mass is 974 g/mol.